The molecule has 0 saturated heterocycles. The van der Waals surface area contributed by atoms with Crippen LogP contribution in [0.1, 0.15) is 30.0 Å². The third-order valence-corrected chi connectivity index (χ3v) is 6.17. The minimum Gasteiger partial charge on any atom is -0.494 e. The molecule has 0 fully saturated rings. The van der Waals surface area contributed by atoms with E-state index in [4.69, 9.17) is 34.6 Å². The molecule has 1 heterocycles. The quantitative estimate of drug-likeness (QED) is 0.131. The first-order valence-electron chi connectivity index (χ1n) is 12.0. The maximum absolute atomic E-state index is 13.7. The van der Waals surface area contributed by atoms with Crippen LogP contribution in [-0.2, 0) is 32.0 Å². The summed E-state index contributed by atoms with van der Waals surface area (Å²) in [7, 11) is 2.99. The predicted molar refractivity (Wildman–Crippen MR) is 137 cm³/mol. The lowest BCUT2D eigenvalue weighted by atomic mass is 9.84. The van der Waals surface area contributed by atoms with E-state index in [1.807, 2.05) is 43.3 Å². The van der Waals surface area contributed by atoms with Gasteiger partial charge in [-0.1, -0.05) is 29.4 Å². The molecule has 2 aromatic carbocycles. The molecule has 0 spiro atoms. The van der Waals surface area contributed by atoms with Crippen molar-refractivity contribution < 1.29 is 28.8 Å². The summed E-state index contributed by atoms with van der Waals surface area (Å²) in [5.74, 6) is 0.661. The summed E-state index contributed by atoms with van der Waals surface area (Å²) < 4.78 is 22.2. The standard InChI is InChI=1S/C26H33N5O6/c1-18-26(25(33)28-17-23(34-2)35-3,15-20-7-4-5-8-21(20)16-29-31-27)30-24(37-18)19-9-11-22(12-10-19)36-14-6-13-32/h4-5,7-12,18,23,32H,6,13-17H2,1-3H3,(H,28,33)/t18-,26-/m1/s1. The van der Waals surface area contributed by atoms with Crippen molar-refractivity contribution in [2.75, 3.05) is 34.0 Å². The monoisotopic (exact) mass is 511 g/mol. The van der Waals surface area contributed by atoms with E-state index in [-0.39, 0.29) is 32.0 Å². The van der Waals surface area contributed by atoms with E-state index in [9.17, 15) is 4.79 Å². The Bertz CT molecular complexity index is 1110. The van der Waals surface area contributed by atoms with Gasteiger partial charge in [0, 0.05) is 44.1 Å². The minimum atomic E-state index is -1.29. The summed E-state index contributed by atoms with van der Waals surface area (Å²) in [6.07, 6.45) is -0.439. The second-order valence-corrected chi connectivity index (χ2v) is 8.50. The molecule has 1 amide bonds. The number of aliphatic imine (C=N–C) groups is 1. The van der Waals surface area contributed by atoms with Crippen LogP contribution in [0.3, 0.4) is 0 Å². The molecule has 11 heteroatoms. The number of aliphatic hydroxyl groups is 1. The molecule has 1 aliphatic heterocycles. The summed E-state index contributed by atoms with van der Waals surface area (Å²) in [5.41, 5.74) is 9.85. The summed E-state index contributed by atoms with van der Waals surface area (Å²) in [4.78, 5) is 21.4. The third kappa shape index (κ3) is 6.99. The van der Waals surface area contributed by atoms with Crippen molar-refractivity contribution >= 4 is 11.8 Å². The van der Waals surface area contributed by atoms with Gasteiger partial charge in [-0.2, -0.15) is 0 Å². The van der Waals surface area contributed by atoms with E-state index >= 15 is 0 Å². The van der Waals surface area contributed by atoms with E-state index in [2.05, 4.69) is 15.3 Å². The number of carbonyl (C=O) groups is 1. The fourth-order valence-corrected chi connectivity index (χ4v) is 4.02. The molecule has 0 bridgehead atoms. The smallest absolute Gasteiger partial charge is 0.252 e. The largest absolute Gasteiger partial charge is 0.494 e. The van der Waals surface area contributed by atoms with Crippen molar-refractivity contribution in [3.63, 3.8) is 0 Å². The zero-order chi connectivity index (χ0) is 26.7. The number of ether oxygens (including phenoxy) is 4. The van der Waals surface area contributed by atoms with E-state index in [0.29, 0.717) is 30.2 Å². The summed E-state index contributed by atoms with van der Waals surface area (Å²) in [6, 6.07) is 14.7. The molecule has 3 rings (SSSR count). The molecule has 0 aromatic heterocycles. The van der Waals surface area contributed by atoms with Gasteiger partial charge in [0.1, 0.15) is 11.9 Å². The van der Waals surface area contributed by atoms with E-state index in [1.165, 1.54) is 14.2 Å². The lowest BCUT2D eigenvalue weighted by Gasteiger charge is -2.29. The second-order valence-electron chi connectivity index (χ2n) is 8.50. The van der Waals surface area contributed by atoms with Crippen molar-refractivity contribution in [2.24, 2.45) is 10.1 Å². The van der Waals surface area contributed by atoms with Crippen LogP contribution in [0.5, 0.6) is 5.75 Å². The Kier molecular flexibility index (Phi) is 10.3. The molecule has 0 radical (unpaired) electrons. The van der Waals surface area contributed by atoms with Crippen LogP contribution >= 0.6 is 0 Å². The van der Waals surface area contributed by atoms with Crippen LogP contribution in [0.2, 0.25) is 0 Å². The lowest BCUT2D eigenvalue weighted by molar-refractivity contribution is -0.134. The molecule has 2 aromatic rings. The number of benzene rings is 2. The number of carbonyl (C=O) groups excluding carboxylic acids is 1. The number of hydrogen-bond donors (Lipinski definition) is 2. The van der Waals surface area contributed by atoms with Gasteiger partial charge in [-0.05, 0) is 47.8 Å². The Balaban J connectivity index is 1.94. The van der Waals surface area contributed by atoms with Crippen molar-refractivity contribution in [3.05, 3.63) is 75.7 Å². The maximum Gasteiger partial charge on any atom is 0.252 e. The molecular weight excluding hydrogens is 478 g/mol. The number of azide groups is 1. The fraction of sp³-hybridized carbons (Fsp3) is 0.462. The number of hydrogen-bond acceptors (Lipinski definition) is 8. The van der Waals surface area contributed by atoms with Crippen LogP contribution in [-0.4, -0.2) is 68.8 Å². The highest BCUT2D eigenvalue weighted by Gasteiger charge is 2.50. The van der Waals surface area contributed by atoms with Gasteiger partial charge in [0.15, 0.2) is 11.8 Å². The van der Waals surface area contributed by atoms with E-state index in [0.717, 1.165) is 11.1 Å². The molecular formula is C26H33N5O6. The van der Waals surface area contributed by atoms with Crippen LogP contribution in [0.4, 0.5) is 0 Å². The van der Waals surface area contributed by atoms with Gasteiger partial charge < -0.3 is 29.4 Å². The molecule has 198 valence electrons. The second kappa shape index (κ2) is 13.6. The minimum absolute atomic E-state index is 0.0618. The Morgan fingerprint density at radius 1 is 1.22 bits per heavy atom. The summed E-state index contributed by atoms with van der Waals surface area (Å²) in [5, 5.41) is 15.5. The lowest BCUT2D eigenvalue weighted by Crippen LogP contribution is -2.54. The normalized spacial score (nSPS) is 18.6. The van der Waals surface area contributed by atoms with Gasteiger partial charge in [-0.15, -0.1) is 0 Å². The third-order valence-electron chi connectivity index (χ3n) is 6.17. The van der Waals surface area contributed by atoms with Crippen molar-refractivity contribution in [1.82, 2.24) is 5.32 Å². The first-order chi connectivity index (χ1) is 18.0. The Labute approximate surface area is 216 Å². The maximum atomic E-state index is 13.7. The van der Waals surface area contributed by atoms with Gasteiger partial charge >= 0.3 is 0 Å². The predicted octanol–water partition coefficient (Wildman–Crippen LogP) is 3.14. The SMILES string of the molecule is COC(CNC(=O)[C@]1(Cc2ccccc2CN=[N+]=[N-])N=C(c2ccc(OCCCO)cc2)O[C@@H]1C)OC. The molecule has 0 unspecified atom stereocenters. The van der Waals surface area contributed by atoms with Gasteiger partial charge in [-0.3, -0.25) is 4.79 Å². The number of methoxy groups -OCH3 is 2. The van der Waals surface area contributed by atoms with Crippen molar-refractivity contribution in [2.45, 2.75) is 44.2 Å². The van der Waals surface area contributed by atoms with Gasteiger partial charge in [0.25, 0.3) is 5.91 Å². The molecule has 0 aliphatic carbocycles. The number of nitrogens with one attached hydrogen (secondary N) is 1. The highest BCUT2D eigenvalue weighted by Crippen LogP contribution is 2.34. The molecule has 2 N–H and O–H groups in total. The first kappa shape index (κ1) is 27.9. The number of nitrogens with zero attached hydrogens (tertiary/aromatic N) is 4. The molecule has 1 aliphatic rings. The number of amides is 1. The fourth-order valence-electron chi connectivity index (χ4n) is 4.02. The van der Waals surface area contributed by atoms with Crippen LogP contribution in [0, 0.1) is 0 Å². The molecule has 0 saturated carbocycles. The van der Waals surface area contributed by atoms with Crippen molar-refractivity contribution in [1.29, 1.82) is 0 Å². The average Bonchev–Trinajstić information content (AvgIpc) is 3.26. The highest BCUT2D eigenvalue weighted by molar-refractivity contribution is 6.01. The highest BCUT2D eigenvalue weighted by atomic mass is 16.7. The van der Waals surface area contributed by atoms with Gasteiger partial charge in [0.2, 0.25) is 5.90 Å². The molecule has 37 heavy (non-hydrogen) atoms. The molecule has 11 nitrogen and oxygen atoms in total. The van der Waals surface area contributed by atoms with E-state index in [1.54, 1.807) is 12.1 Å². The van der Waals surface area contributed by atoms with Gasteiger partial charge in [-0.25, -0.2) is 4.99 Å². The van der Waals surface area contributed by atoms with Gasteiger partial charge in [0.05, 0.1) is 19.7 Å². The number of aliphatic hydroxyl groups excluding tert-OH is 1. The Hall–Kier alpha value is -3.63. The van der Waals surface area contributed by atoms with Crippen LogP contribution in [0.15, 0.2) is 58.6 Å². The molecule has 2 atom stereocenters. The zero-order valence-electron chi connectivity index (χ0n) is 21.3. The summed E-state index contributed by atoms with van der Waals surface area (Å²) in [6.45, 7) is 2.57. The first-order valence-corrected chi connectivity index (χ1v) is 12.0. The van der Waals surface area contributed by atoms with Crippen LogP contribution in [0.25, 0.3) is 10.4 Å². The topological polar surface area (TPSA) is 147 Å². The Morgan fingerprint density at radius 2 is 1.92 bits per heavy atom. The van der Waals surface area contributed by atoms with Crippen LogP contribution < -0.4 is 10.1 Å². The number of rotatable bonds is 14. The van der Waals surface area contributed by atoms with E-state index < -0.39 is 17.9 Å². The summed E-state index contributed by atoms with van der Waals surface area (Å²) >= 11 is 0. The Morgan fingerprint density at radius 3 is 2.57 bits per heavy atom. The average molecular weight is 512 g/mol. The van der Waals surface area contributed by atoms with Crippen molar-refractivity contribution in [3.8, 4) is 5.75 Å². The zero-order valence-corrected chi connectivity index (χ0v) is 21.3.